The number of hydrogen-bond donors (Lipinski definition) is 0. The summed E-state index contributed by atoms with van der Waals surface area (Å²) in [4.78, 5) is 26.7. The van der Waals surface area contributed by atoms with Gasteiger partial charge in [0, 0.05) is 23.1 Å². The smallest absolute Gasteiger partial charge is 0.269 e. The molecule has 2 aromatic carbocycles. The number of benzene rings is 2. The zero-order valence-electron chi connectivity index (χ0n) is 13.6. The minimum absolute atomic E-state index is 0.0299. The van der Waals surface area contributed by atoms with Crippen LogP contribution in [0.3, 0.4) is 0 Å². The number of pyridine rings is 1. The third kappa shape index (κ3) is 2.61. The van der Waals surface area contributed by atoms with Crippen LogP contribution in [-0.2, 0) is 6.42 Å². The highest BCUT2D eigenvalue weighted by atomic mass is 16.6. The molecule has 0 spiro atoms. The molecule has 1 aliphatic carbocycles. The average Bonchev–Trinajstić information content (AvgIpc) is 3.02. The Kier molecular flexibility index (Phi) is 3.73. The molecule has 6 nitrogen and oxygen atoms in total. The third-order valence-corrected chi connectivity index (χ3v) is 4.59. The zero-order valence-corrected chi connectivity index (χ0v) is 13.6. The maximum Gasteiger partial charge on any atom is 0.269 e. The van der Waals surface area contributed by atoms with Crippen molar-refractivity contribution in [1.29, 1.82) is 0 Å². The number of aromatic nitrogens is 1. The van der Waals surface area contributed by atoms with Gasteiger partial charge in [-0.2, -0.15) is 0 Å². The van der Waals surface area contributed by atoms with Gasteiger partial charge in [-0.3, -0.25) is 10.1 Å². The lowest BCUT2D eigenvalue weighted by Crippen LogP contribution is -2.24. The lowest BCUT2D eigenvalue weighted by Gasteiger charge is -2.13. The molecule has 0 unspecified atom stereocenters. The Labute approximate surface area is 148 Å². The minimum atomic E-state index is -1.20. The number of non-ortho nitro benzene ring substituents is 1. The van der Waals surface area contributed by atoms with Crippen molar-refractivity contribution in [1.82, 2.24) is 4.98 Å². The second-order valence-corrected chi connectivity index (χ2v) is 6.14. The fourth-order valence-corrected chi connectivity index (χ4v) is 3.41. The molecule has 1 aromatic heterocycles. The molecule has 6 heteroatoms. The molecule has 0 N–H and O–H groups in total. The van der Waals surface area contributed by atoms with E-state index in [-0.39, 0.29) is 11.3 Å². The van der Waals surface area contributed by atoms with Crippen LogP contribution in [0.15, 0.2) is 48.5 Å². The number of nitro groups is 1. The highest BCUT2D eigenvalue weighted by molar-refractivity contribution is 6.05. The maximum atomic E-state index is 11.7. The summed E-state index contributed by atoms with van der Waals surface area (Å²) in [6.07, 6.45) is 3.14. The molecule has 0 saturated heterocycles. The van der Waals surface area contributed by atoms with E-state index in [4.69, 9.17) is 0 Å². The Hall–Kier alpha value is -3.54. The molecule has 0 aliphatic heterocycles. The van der Waals surface area contributed by atoms with Gasteiger partial charge in [0.1, 0.15) is 0 Å². The number of allylic oxidation sites excluding steroid dienone is 1. The number of rotatable bonds is 3. The summed E-state index contributed by atoms with van der Waals surface area (Å²) < 4.78 is 0. The van der Waals surface area contributed by atoms with Crippen molar-refractivity contribution in [2.24, 2.45) is 0 Å². The van der Waals surface area contributed by atoms with Crippen molar-refractivity contribution < 1.29 is 14.8 Å². The van der Waals surface area contributed by atoms with E-state index in [0.29, 0.717) is 35.0 Å². The molecule has 1 aliphatic rings. The summed E-state index contributed by atoms with van der Waals surface area (Å²) in [7, 11) is 0. The van der Waals surface area contributed by atoms with Crippen LogP contribution in [0.4, 0.5) is 5.69 Å². The normalized spacial score (nSPS) is 14.5. The predicted octanol–water partition coefficient (Wildman–Crippen LogP) is 2.99. The Morgan fingerprint density at radius 1 is 1.08 bits per heavy atom. The van der Waals surface area contributed by atoms with Gasteiger partial charge < -0.3 is 9.90 Å². The summed E-state index contributed by atoms with van der Waals surface area (Å²) in [5.41, 5.74) is 3.94. The molecule has 0 radical (unpaired) electrons. The third-order valence-electron chi connectivity index (χ3n) is 4.59. The molecule has 0 atom stereocenters. The summed E-state index contributed by atoms with van der Waals surface area (Å²) in [6, 6.07) is 13.4. The number of nitro benzene ring substituents is 1. The molecule has 1 heterocycles. The summed E-state index contributed by atoms with van der Waals surface area (Å²) >= 11 is 0. The average molecular weight is 345 g/mol. The molecule has 26 heavy (non-hydrogen) atoms. The quantitative estimate of drug-likeness (QED) is 0.537. The topological polar surface area (TPSA) is 96.2 Å². The number of para-hydroxylation sites is 1. The second-order valence-electron chi connectivity index (χ2n) is 6.14. The number of hydrogen-bond acceptors (Lipinski definition) is 5. The van der Waals surface area contributed by atoms with Crippen molar-refractivity contribution in [3.8, 4) is 0 Å². The van der Waals surface area contributed by atoms with Crippen LogP contribution in [0.25, 0.3) is 22.6 Å². The minimum Gasteiger partial charge on any atom is -0.545 e. The van der Waals surface area contributed by atoms with Crippen molar-refractivity contribution in [2.45, 2.75) is 12.8 Å². The predicted molar refractivity (Wildman–Crippen MR) is 95.4 cm³/mol. The van der Waals surface area contributed by atoms with Crippen LogP contribution >= 0.6 is 0 Å². The SMILES string of the molecule is O=C([O-])c1c2c(nc3ccccc13)/C(=C/c1ccc([N+](=O)[O-])cc1)CC2. The van der Waals surface area contributed by atoms with Crippen LogP contribution in [0.5, 0.6) is 0 Å². The standard InChI is InChI=1S/C20H14N2O4/c23-20(24)18-15-3-1-2-4-17(15)21-19-13(7-10-16(18)19)11-12-5-8-14(9-6-12)22(25)26/h1-6,8-9,11H,7,10H2,(H,23,24)/p-1/b13-11+. The number of carboxylic acid groups (broad SMARTS) is 1. The highest BCUT2D eigenvalue weighted by Crippen LogP contribution is 2.37. The molecular weight excluding hydrogens is 332 g/mol. The van der Waals surface area contributed by atoms with Crippen LogP contribution < -0.4 is 5.11 Å². The van der Waals surface area contributed by atoms with E-state index in [9.17, 15) is 20.0 Å². The van der Waals surface area contributed by atoms with Gasteiger partial charge in [-0.05, 0) is 53.8 Å². The highest BCUT2D eigenvalue weighted by Gasteiger charge is 2.23. The number of fused-ring (bicyclic) bond motifs is 2. The van der Waals surface area contributed by atoms with E-state index in [2.05, 4.69) is 4.98 Å². The van der Waals surface area contributed by atoms with Gasteiger partial charge in [0.2, 0.25) is 0 Å². The Balaban J connectivity index is 1.85. The summed E-state index contributed by atoms with van der Waals surface area (Å²) in [6.45, 7) is 0. The summed E-state index contributed by atoms with van der Waals surface area (Å²) in [5, 5.41) is 23.1. The van der Waals surface area contributed by atoms with Gasteiger partial charge in [0.05, 0.1) is 22.1 Å². The lowest BCUT2D eigenvalue weighted by molar-refractivity contribution is -0.384. The van der Waals surface area contributed by atoms with Crippen LogP contribution in [0.2, 0.25) is 0 Å². The second kappa shape index (κ2) is 6.07. The van der Waals surface area contributed by atoms with Crippen LogP contribution in [-0.4, -0.2) is 15.9 Å². The fraction of sp³-hybridized carbons (Fsp3) is 0.100. The summed E-state index contributed by atoms with van der Waals surface area (Å²) in [5.74, 6) is -1.20. The zero-order chi connectivity index (χ0) is 18.3. The van der Waals surface area contributed by atoms with Crippen molar-refractivity contribution in [2.75, 3.05) is 0 Å². The van der Waals surface area contributed by atoms with Gasteiger partial charge in [0.25, 0.3) is 5.69 Å². The monoisotopic (exact) mass is 345 g/mol. The first-order valence-electron chi connectivity index (χ1n) is 8.13. The molecule has 0 amide bonds. The van der Waals surface area contributed by atoms with Gasteiger partial charge in [-0.1, -0.05) is 18.2 Å². The Bertz CT molecular complexity index is 1080. The van der Waals surface area contributed by atoms with Crippen molar-refractivity contribution in [3.63, 3.8) is 0 Å². The number of aromatic carboxylic acids is 1. The van der Waals surface area contributed by atoms with Gasteiger partial charge in [0.15, 0.2) is 0 Å². The van der Waals surface area contributed by atoms with E-state index in [1.807, 2.05) is 12.1 Å². The lowest BCUT2D eigenvalue weighted by atomic mass is 10.0. The maximum absolute atomic E-state index is 11.7. The van der Waals surface area contributed by atoms with Crippen molar-refractivity contribution in [3.05, 3.63) is 81.0 Å². The van der Waals surface area contributed by atoms with Crippen LogP contribution in [0.1, 0.15) is 33.6 Å². The Morgan fingerprint density at radius 3 is 2.50 bits per heavy atom. The number of carboxylic acids is 1. The molecule has 0 saturated carbocycles. The molecule has 0 fully saturated rings. The largest absolute Gasteiger partial charge is 0.545 e. The van der Waals surface area contributed by atoms with E-state index in [1.54, 1.807) is 30.3 Å². The molecule has 128 valence electrons. The number of carbonyl (C=O) groups excluding carboxylic acids is 1. The fourth-order valence-electron chi connectivity index (χ4n) is 3.41. The van der Waals surface area contributed by atoms with Crippen molar-refractivity contribution >= 4 is 34.2 Å². The number of nitrogens with zero attached hydrogens (tertiary/aromatic N) is 2. The molecular formula is C20H13N2O4-. The number of carbonyl (C=O) groups is 1. The van der Waals surface area contributed by atoms with E-state index < -0.39 is 10.9 Å². The van der Waals surface area contributed by atoms with E-state index in [0.717, 1.165) is 11.1 Å². The first-order chi connectivity index (χ1) is 12.5. The van der Waals surface area contributed by atoms with Gasteiger partial charge in [-0.15, -0.1) is 0 Å². The first-order valence-corrected chi connectivity index (χ1v) is 8.13. The van der Waals surface area contributed by atoms with Crippen LogP contribution in [0, 0.1) is 10.1 Å². The van der Waals surface area contributed by atoms with E-state index in [1.165, 1.54) is 12.1 Å². The molecule has 3 aromatic rings. The molecule has 0 bridgehead atoms. The Morgan fingerprint density at radius 2 is 1.81 bits per heavy atom. The van der Waals surface area contributed by atoms with Gasteiger partial charge in [-0.25, -0.2) is 4.98 Å². The van der Waals surface area contributed by atoms with Gasteiger partial charge >= 0.3 is 0 Å². The first kappa shape index (κ1) is 16.0. The molecule has 4 rings (SSSR count). The van der Waals surface area contributed by atoms with E-state index >= 15 is 0 Å².